The maximum Gasteiger partial charge on any atom is 0.317 e. The monoisotopic (exact) mass is 613 g/mol. The van der Waals surface area contributed by atoms with Crippen LogP contribution in [0.2, 0.25) is 0 Å². The zero-order valence-corrected chi connectivity index (χ0v) is 25.8. The molecule has 8 rings (SSSR count). The molecule has 3 aliphatic heterocycles. The number of ether oxygens (including phenoxy) is 1. The molecule has 1 N–H and O–H groups in total. The molecule has 2 aromatic heterocycles. The second-order valence-electron chi connectivity index (χ2n) is 14.1. The Kier molecular flexibility index (Phi) is 7.07. The second-order valence-corrected chi connectivity index (χ2v) is 14.1. The molecule has 1 aromatic carbocycles. The van der Waals surface area contributed by atoms with E-state index in [1.165, 1.54) is 31.3 Å². The Balaban J connectivity index is 0.893. The first kappa shape index (κ1) is 28.5. The Morgan fingerprint density at radius 1 is 1.00 bits per heavy atom. The molecular formula is C33H40FN9O2. The summed E-state index contributed by atoms with van der Waals surface area (Å²) in [4.78, 5) is 32.1. The maximum atomic E-state index is 14.5. The van der Waals surface area contributed by atoms with Gasteiger partial charge in [-0.3, -0.25) is 0 Å². The van der Waals surface area contributed by atoms with E-state index < -0.39 is 0 Å². The number of anilines is 1. The number of nitrogens with zero attached hydrogens (tertiary/aromatic N) is 8. The largest absolute Gasteiger partial charge is 0.434 e. The molecule has 2 aliphatic carbocycles. The van der Waals surface area contributed by atoms with Crippen molar-refractivity contribution < 1.29 is 13.9 Å². The normalized spacial score (nSPS) is 26.3. The third kappa shape index (κ3) is 5.57. The van der Waals surface area contributed by atoms with Crippen LogP contribution in [0, 0.1) is 17.2 Å². The number of aromatic nitrogens is 5. The molecule has 5 heterocycles. The highest BCUT2D eigenvalue weighted by atomic mass is 19.1. The summed E-state index contributed by atoms with van der Waals surface area (Å²) in [6.45, 7) is 6.03. The topological polar surface area (TPSA) is 112 Å². The SMILES string of the molecule is CN1CC2(CCC(CN3CCC4(CC3)CN(c3ncnnc3Oc3ccc(F)cc3-c3cncnc3C3CC3)C4)CC2)NC1=O. The second kappa shape index (κ2) is 11.1. The van der Waals surface area contributed by atoms with Crippen molar-refractivity contribution in [1.82, 2.24) is 40.3 Å². The van der Waals surface area contributed by atoms with Crippen LogP contribution in [-0.2, 0) is 0 Å². The predicted molar refractivity (Wildman–Crippen MR) is 165 cm³/mol. The number of urea groups is 1. The highest BCUT2D eigenvalue weighted by Gasteiger charge is 2.47. The fraction of sp³-hybridized carbons (Fsp3) is 0.576. The van der Waals surface area contributed by atoms with Gasteiger partial charge in [0.2, 0.25) is 0 Å². The lowest BCUT2D eigenvalue weighted by Crippen LogP contribution is -2.61. The first-order valence-corrected chi connectivity index (χ1v) is 16.3. The number of likely N-dealkylation sites (N-methyl/N-ethyl adjacent to an activating group) is 1. The Hall–Kier alpha value is -3.93. The molecule has 236 valence electrons. The van der Waals surface area contributed by atoms with Gasteiger partial charge in [-0.15, -0.1) is 10.2 Å². The van der Waals surface area contributed by atoms with Crippen molar-refractivity contribution in [2.24, 2.45) is 11.3 Å². The van der Waals surface area contributed by atoms with E-state index in [1.54, 1.807) is 18.6 Å². The number of carbonyl (C=O) groups is 1. The summed E-state index contributed by atoms with van der Waals surface area (Å²) in [6.07, 6.45) is 13.7. The number of nitrogens with one attached hydrogen (secondary N) is 1. The van der Waals surface area contributed by atoms with Crippen LogP contribution in [-0.4, -0.2) is 92.8 Å². The van der Waals surface area contributed by atoms with Crippen molar-refractivity contribution in [3.05, 3.63) is 48.6 Å². The van der Waals surface area contributed by atoms with Crippen LogP contribution >= 0.6 is 0 Å². The van der Waals surface area contributed by atoms with Gasteiger partial charge >= 0.3 is 6.03 Å². The van der Waals surface area contributed by atoms with E-state index in [4.69, 9.17) is 4.74 Å². The van der Waals surface area contributed by atoms with Gasteiger partial charge in [0.15, 0.2) is 5.82 Å². The molecule has 5 aliphatic rings. The summed E-state index contributed by atoms with van der Waals surface area (Å²) in [5, 5.41) is 11.6. The molecule has 11 nitrogen and oxygen atoms in total. The van der Waals surface area contributed by atoms with Crippen LogP contribution in [0.4, 0.5) is 15.0 Å². The van der Waals surface area contributed by atoms with Crippen LogP contribution in [0.15, 0.2) is 37.1 Å². The van der Waals surface area contributed by atoms with Crippen molar-refractivity contribution in [1.29, 1.82) is 0 Å². The number of hydrogen-bond acceptors (Lipinski definition) is 9. The van der Waals surface area contributed by atoms with Crippen LogP contribution in [0.3, 0.4) is 0 Å². The van der Waals surface area contributed by atoms with Crippen LogP contribution in [0.5, 0.6) is 11.6 Å². The Bertz CT molecular complexity index is 1580. The van der Waals surface area contributed by atoms with Gasteiger partial charge in [0.1, 0.15) is 24.2 Å². The zero-order valence-electron chi connectivity index (χ0n) is 25.8. The minimum atomic E-state index is -0.348. The summed E-state index contributed by atoms with van der Waals surface area (Å²) >= 11 is 0. The quantitative estimate of drug-likeness (QED) is 0.408. The predicted octanol–water partition coefficient (Wildman–Crippen LogP) is 4.62. The van der Waals surface area contributed by atoms with E-state index in [-0.39, 0.29) is 22.8 Å². The maximum absolute atomic E-state index is 14.5. The van der Waals surface area contributed by atoms with Gasteiger partial charge in [-0.25, -0.2) is 24.1 Å². The average molecular weight is 614 g/mol. The lowest BCUT2D eigenvalue weighted by Gasteiger charge is -2.54. The van der Waals surface area contributed by atoms with Crippen LogP contribution in [0.25, 0.3) is 11.1 Å². The highest BCUT2D eigenvalue weighted by Crippen LogP contribution is 2.47. The highest BCUT2D eigenvalue weighted by molar-refractivity contribution is 5.77. The minimum Gasteiger partial charge on any atom is -0.434 e. The van der Waals surface area contributed by atoms with Crippen molar-refractivity contribution in [2.75, 3.05) is 51.2 Å². The molecule has 0 atom stereocenters. The van der Waals surface area contributed by atoms with Gasteiger partial charge in [0.05, 0.1) is 11.2 Å². The zero-order chi connectivity index (χ0) is 30.6. The molecule has 5 fully saturated rings. The van der Waals surface area contributed by atoms with Gasteiger partial charge in [0.25, 0.3) is 5.88 Å². The van der Waals surface area contributed by atoms with E-state index in [2.05, 4.69) is 40.3 Å². The number of benzene rings is 1. The van der Waals surface area contributed by atoms with E-state index in [0.29, 0.717) is 34.8 Å². The number of hydrogen-bond donors (Lipinski definition) is 1. The van der Waals surface area contributed by atoms with Gasteiger partial charge in [-0.1, -0.05) is 0 Å². The van der Waals surface area contributed by atoms with Crippen molar-refractivity contribution in [2.45, 2.75) is 62.8 Å². The van der Waals surface area contributed by atoms with E-state index >= 15 is 0 Å². The molecule has 45 heavy (non-hydrogen) atoms. The average Bonchev–Trinajstić information content (AvgIpc) is 3.84. The van der Waals surface area contributed by atoms with Gasteiger partial charge in [0, 0.05) is 61.9 Å². The smallest absolute Gasteiger partial charge is 0.317 e. The number of carbonyl (C=O) groups excluding carboxylic acids is 1. The summed E-state index contributed by atoms with van der Waals surface area (Å²) in [7, 11) is 1.89. The summed E-state index contributed by atoms with van der Waals surface area (Å²) in [5.41, 5.74) is 2.59. The Labute approximate surface area is 262 Å². The number of rotatable bonds is 7. The minimum absolute atomic E-state index is 0.00410. The van der Waals surface area contributed by atoms with Gasteiger partial charge in [-0.05, 0) is 88.6 Å². The molecule has 12 heteroatoms. The summed E-state index contributed by atoms with van der Waals surface area (Å²) < 4.78 is 20.8. The molecular weight excluding hydrogens is 573 g/mol. The molecule has 2 amide bonds. The third-order valence-corrected chi connectivity index (χ3v) is 10.8. The van der Waals surface area contributed by atoms with E-state index in [0.717, 1.165) is 89.1 Å². The number of likely N-dealkylation sites (tertiary alicyclic amines) is 1. The Morgan fingerprint density at radius 2 is 1.80 bits per heavy atom. The van der Waals surface area contributed by atoms with E-state index in [1.807, 2.05) is 11.9 Å². The lowest BCUT2D eigenvalue weighted by molar-refractivity contribution is 0.0584. The number of halogens is 1. The molecule has 2 saturated carbocycles. The third-order valence-electron chi connectivity index (χ3n) is 10.8. The molecule has 0 radical (unpaired) electrons. The van der Waals surface area contributed by atoms with Crippen molar-refractivity contribution in [3.8, 4) is 22.8 Å². The Morgan fingerprint density at radius 3 is 2.53 bits per heavy atom. The van der Waals surface area contributed by atoms with E-state index in [9.17, 15) is 9.18 Å². The molecule has 0 bridgehead atoms. The standard InChI is InChI=1S/C33H40FN9O2/c1-41-19-33(39-31(41)44)8-6-22(7-9-33)16-42-12-10-32(11-13-42)17-43(18-32)29-30(40-38-21-37-29)45-27-5-4-24(34)14-25(27)26-15-35-20-36-28(26)23-2-3-23/h4-5,14-15,20-23H,2-3,6-13,16-19H2,1H3,(H,39,44). The first-order chi connectivity index (χ1) is 21.9. The molecule has 0 unspecified atom stereocenters. The molecule has 3 aromatic rings. The lowest BCUT2D eigenvalue weighted by atomic mass is 9.71. The molecule has 2 spiro atoms. The molecule has 3 saturated heterocycles. The van der Waals surface area contributed by atoms with Crippen LogP contribution in [0.1, 0.15) is 63.0 Å². The summed E-state index contributed by atoms with van der Waals surface area (Å²) in [5.74, 6) is 2.20. The van der Waals surface area contributed by atoms with Crippen molar-refractivity contribution in [3.63, 3.8) is 0 Å². The van der Waals surface area contributed by atoms with Gasteiger partial charge < -0.3 is 24.8 Å². The fourth-order valence-corrected chi connectivity index (χ4v) is 8.06. The first-order valence-electron chi connectivity index (χ1n) is 16.3. The number of amides is 2. The van der Waals surface area contributed by atoms with Crippen molar-refractivity contribution >= 4 is 11.8 Å². The number of piperidine rings is 1. The van der Waals surface area contributed by atoms with Gasteiger partial charge in [-0.2, -0.15) is 0 Å². The van der Waals surface area contributed by atoms with Crippen LogP contribution < -0.4 is 15.0 Å². The fourth-order valence-electron chi connectivity index (χ4n) is 8.06. The summed E-state index contributed by atoms with van der Waals surface area (Å²) in [6, 6.07) is 4.58.